The summed E-state index contributed by atoms with van der Waals surface area (Å²) in [6.45, 7) is 7.71. The predicted octanol–water partition coefficient (Wildman–Crippen LogP) is 2.01. The number of carbonyl (C=O) groups is 1. The van der Waals surface area contributed by atoms with Crippen LogP contribution in [0.15, 0.2) is 0 Å². The molecular formula is C13H26N2O. The molecule has 0 aliphatic heterocycles. The third-order valence-electron chi connectivity index (χ3n) is 4.01. The maximum atomic E-state index is 12.4. The second-order valence-electron chi connectivity index (χ2n) is 6.02. The smallest absolute Gasteiger partial charge is 0.228 e. The molecule has 0 aromatic rings. The summed E-state index contributed by atoms with van der Waals surface area (Å²) in [6, 6.07) is 0. The Morgan fingerprint density at radius 1 is 1.44 bits per heavy atom. The molecule has 0 aromatic carbocycles. The number of amides is 1. The highest BCUT2D eigenvalue weighted by Gasteiger charge is 2.44. The van der Waals surface area contributed by atoms with E-state index in [9.17, 15) is 4.79 Å². The molecule has 1 fully saturated rings. The molecule has 1 aliphatic rings. The van der Waals surface area contributed by atoms with Crippen molar-refractivity contribution in [2.75, 3.05) is 20.1 Å². The Morgan fingerprint density at radius 2 is 2.00 bits per heavy atom. The Morgan fingerprint density at radius 3 is 2.31 bits per heavy atom. The Labute approximate surface area is 99.4 Å². The molecule has 1 rings (SSSR count). The Balaban J connectivity index is 2.60. The van der Waals surface area contributed by atoms with Gasteiger partial charge in [0.15, 0.2) is 0 Å². The highest BCUT2D eigenvalue weighted by atomic mass is 16.2. The summed E-state index contributed by atoms with van der Waals surface area (Å²) in [7, 11) is 1.91. The number of hydrogen-bond donors (Lipinski definition) is 1. The third-order valence-corrected chi connectivity index (χ3v) is 4.01. The van der Waals surface area contributed by atoms with Crippen molar-refractivity contribution in [2.45, 2.75) is 46.5 Å². The lowest BCUT2D eigenvalue weighted by atomic mass is 9.66. The third kappa shape index (κ3) is 2.57. The van der Waals surface area contributed by atoms with Crippen LogP contribution in [0.4, 0.5) is 0 Å². The van der Waals surface area contributed by atoms with Gasteiger partial charge in [-0.1, -0.05) is 27.2 Å². The molecule has 1 aliphatic carbocycles. The van der Waals surface area contributed by atoms with Crippen LogP contribution < -0.4 is 5.73 Å². The Bertz CT molecular complexity index is 251. The first-order valence-electron chi connectivity index (χ1n) is 6.32. The van der Waals surface area contributed by atoms with E-state index in [1.165, 1.54) is 6.42 Å². The molecule has 0 aromatic heterocycles. The fourth-order valence-corrected chi connectivity index (χ4v) is 2.51. The monoisotopic (exact) mass is 226 g/mol. The average molecular weight is 226 g/mol. The topological polar surface area (TPSA) is 46.3 Å². The Hall–Kier alpha value is -0.570. The van der Waals surface area contributed by atoms with Gasteiger partial charge in [-0.15, -0.1) is 0 Å². The van der Waals surface area contributed by atoms with Gasteiger partial charge < -0.3 is 10.6 Å². The van der Waals surface area contributed by atoms with Crippen molar-refractivity contribution in [3.8, 4) is 0 Å². The van der Waals surface area contributed by atoms with E-state index in [4.69, 9.17) is 5.73 Å². The minimum Gasteiger partial charge on any atom is -0.345 e. The summed E-state index contributed by atoms with van der Waals surface area (Å²) < 4.78 is 0. The highest BCUT2D eigenvalue weighted by Crippen LogP contribution is 2.45. The molecule has 1 amide bonds. The van der Waals surface area contributed by atoms with Crippen LogP contribution in [0.3, 0.4) is 0 Å². The van der Waals surface area contributed by atoms with E-state index >= 15 is 0 Å². The first-order chi connectivity index (χ1) is 7.37. The lowest BCUT2D eigenvalue weighted by molar-refractivity contribution is -0.147. The molecule has 3 heteroatoms. The molecule has 1 saturated carbocycles. The zero-order valence-electron chi connectivity index (χ0n) is 11.2. The molecule has 3 nitrogen and oxygen atoms in total. The van der Waals surface area contributed by atoms with Crippen LogP contribution in [-0.4, -0.2) is 30.9 Å². The average Bonchev–Trinajstić information content (AvgIpc) is 2.16. The number of nitrogens with zero attached hydrogens (tertiary/aromatic N) is 1. The minimum atomic E-state index is -0.0422. The van der Waals surface area contributed by atoms with Crippen molar-refractivity contribution in [3.63, 3.8) is 0 Å². The summed E-state index contributed by atoms with van der Waals surface area (Å²) in [6.07, 6.45) is 4.30. The molecule has 16 heavy (non-hydrogen) atoms. The lowest BCUT2D eigenvalue weighted by Crippen LogP contribution is -2.49. The highest BCUT2D eigenvalue weighted by molar-refractivity contribution is 5.83. The zero-order chi connectivity index (χ0) is 12.4. The van der Waals surface area contributed by atoms with Gasteiger partial charge in [-0.05, 0) is 31.2 Å². The van der Waals surface area contributed by atoms with E-state index < -0.39 is 0 Å². The van der Waals surface area contributed by atoms with E-state index in [1.807, 2.05) is 11.9 Å². The van der Waals surface area contributed by atoms with Gasteiger partial charge in [0.1, 0.15) is 0 Å². The number of carbonyl (C=O) groups excluding carboxylic acids is 1. The Kier molecular flexibility index (Phi) is 4.00. The van der Waals surface area contributed by atoms with Gasteiger partial charge in [-0.3, -0.25) is 4.79 Å². The molecular weight excluding hydrogens is 200 g/mol. The summed E-state index contributed by atoms with van der Waals surface area (Å²) in [4.78, 5) is 14.2. The summed E-state index contributed by atoms with van der Waals surface area (Å²) >= 11 is 0. The summed E-state index contributed by atoms with van der Waals surface area (Å²) in [5, 5.41) is 0. The van der Waals surface area contributed by atoms with Gasteiger partial charge in [-0.25, -0.2) is 0 Å². The maximum absolute atomic E-state index is 12.4. The van der Waals surface area contributed by atoms with Crippen molar-refractivity contribution < 1.29 is 4.79 Å². The molecule has 0 heterocycles. The van der Waals surface area contributed by atoms with E-state index in [0.29, 0.717) is 12.5 Å². The van der Waals surface area contributed by atoms with Gasteiger partial charge in [0, 0.05) is 19.0 Å². The van der Waals surface area contributed by atoms with Crippen LogP contribution >= 0.6 is 0 Å². The summed E-state index contributed by atoms with van der Waals surface area (Å²) in [5.41, 5.74) is 5.68. The maximum Gasteiger partial charge on any atom is 0.228 e. The van der Waals surface area contributed by atoms with Gasteiger partial charge >= 0.3 is 0 Å². The van der Waals surface area contributed by atoms with Crippen LogP contribution in [0.25, 0.3) is 0 Å². The molecule has 0 saturated heterocycles. The molecule has 0 radical (unpaired) electrons. The van der Waals surface area contributed by atoms with Crippen molar-refractivity contribution in [3.05, 3.63) is 0 Å². The van der Waals surface area contributed by atoms with E-state index in [0.717, 1.165) is 25.8 Å². The molecule has 2 N–H and O–H groups in total. The normalized spacial score (nSPS) is 19.1. The SMILES string of the molecule is CCC1(C(=O)N(C)CC(C)(C)CN)CCC1. The van der Waals surface area contributed by atoms with E-state index in [-0.39, 0.29) is 10.8 Å². The standard InChI is InChI=1S/C13H26N2O/c1-5-13(7-6-8-13)11(16)15(4)10-12(2,3)9-14/h5-10,14H2,1-4H3. The van der Waals surface area contributed by atoms with Crippen LogP contribution in [-0.2, 0) is 4.79 Å². The fraction of sp³-hybridized carbons (Fsp3) is 0.923. The summed E-state index contributed by atoms with van der Waals surface area (Å²) in [5.74, 6) is 0.322. The lowest BCUT2D eigenvalue weighted by Gasteiger charge is -2.43. The number of rotatable bonds is 5. The van der Waals surface area contributed by atoms with Crippen LogP contribution in [0, 0.1) is 10.8 Å². The largest absolute Gasteiger partial charge is 0.345 e. The first kappa shape index (κ1) is 13.5. The van der Waals surface area contributed by atoms with Gasteiger partial charge in [-0.2, -0.15) is 0 Å². The second-order valence-corrected chi connectivity index (χ2v) is 6.02. The number of nitrogens with two attached hydrogens (primary N) is 1. The van der Waals surface area contributed by atoms with Crippen LogP contribution in [0.1, 0.15) is 46.5 Å². The van der Waals surface area contributed by atoms with Crippen molar-refractivity contribution in [1.82, 2.24) is 4.90 Å². The molecule has 0 bridgehead atoms. The zero-order valence-corrected chi connectivity index (χ0v) is 11.2. The van der Waals surface area contributed by atoms with Crippen LogP contribution in [0.2, 0.25) is 0 Å². The van der Waals surface area contributed by atoms with Gasteiger partial charge in [0.25, 0.3) is 0 Å². The van der Waals surface area contributed by atoms with Crippen molar-refractivity contribution in [2.24, 2.45) is 16.6 Å². The number of hydrogen-bond acceptors (Lipinski definition) is 2. The fourth-order valence-electron chi connectivity index (χ4n) is 2.51. The molecule has 0 unspecified atom stereocenters. The van der Waals surface area contributed by atoms with Crippen molar-refractivity contribution in [1.29, 1.82) is 0 Å². The molecule has 0 spiro atoms. The van der Waals surface area contributed by atoms with Crippen molar-refractivity contribution >= 4 is 5.91 Å². The second kappa shape index (κ2) is 4.74. The van der Waals surface area contributed by atoms with Gasteiger partial charge in [0.2, 0.25) is 5.91 Å². The predicted molar refractivity (Wildman–Crippen MR) is 67.0 cm³/mol. The minimum absolute atomic E-state index is 0.0170. The van der Waals surface area contributed by atoms with E-state index in [2.05, 4.69) is 20.8 Å². The molecule has 94 valence electrons. The van der Waals surface area contributed by atoms with Crippen LogP contribution in [0.5, 0.6) is 0 Å². The van der Waals surface area contributed by atoms with E-state index in [1.54, 1.807) is 0 Å². The van der Waals surface area contributed by atoms with Gasteiger partial charge in [0.05, 0.1) is 0 Å². The quantitative estimate of drug-likeness (QED) is 0.779. The first-order valence-corrected chi connectivity index (χ1v) is 6.32. The molecule has 0 atom stereocenters.